The number of benzene rings is 1. The van der Waals surface area contributed by atoms with Gasteiger partial charge in [-0.1, -0.05) is 25.5 Å². The van der Waals surface area contributed by atoms with Gasteiger partial charge in [-0.25, -0.2) is 4.79 Å². The summed E-state index contributed by atoms with van der Waals surface area (Å²) in [5.74, 6) is 0.0338. The van der Waals surface area contributed by atoms with E-state index in [-0.39, 0.29) is 12.0 Å². The van der Waals surface area contributed by atoms with Crippen LogP contribution in [0.3, 0.4) is 0 Å². The fourth-order valence-corrected chi connectivity index (χ4v) is 2.60. The van der Waals surface area contributed by atoms with Crippen molar-refractivity contribution < 1.29 is 14.3 Å². The fraction of sp³-hybridized carbons (Fsp3) is 0.529. The van der Waals surface area contributed by atoms with E-state index in [1.165, 1.54) is 25.5 Å². The highest BCUT2D eigenvalue weighted by Crippen LogP contribution is 2.12. The van der Waals surface area contributed by atoms with Gasteiger partial charge in [0.15, 0.2) is 0 Å². The number of nitrogens with zero attached hydrogens (tertiary/aromatic N) is 2. The Labute approximate surface area is 131 Å². The lowest BCUT2D eigenvalue weighted by molar-refractivity contribution is 0.0599. The van der Waals surface area contributed by atoms with Crippen molar-refractivity contribution in [2.75, 3.05) is 33.3 Å². The van der Waals surface area contributed by atoms with Gasteiger partial charge < -0.3 is 14.5 Å². The monoisotopic (exact) mass is 304 g/mol. The first-order valence-electron chi connectivity index (χ1n) is 7.86. The smallest absolute Gasteiger partial charge is 0.409 e. The van der Waals surface area contributed by atoms with Crippen molar-refractivity contribution in [3.05, 3.63) is 35.4 Å². The van der Waals surface area contributed by atoms with Crippen LogP contribution in [-0.2, 0) is 11.2 Å². The molecule has 5 heteroatoms. The molecule has 0 aliphatic carbocycles. The Hall–Kier alpha value is -2.04. The van der Waals surface area contributed by atoms with Crippen LogP contribution >= 0.6 is 0 Å². The maximum Gasteiger partial charge on any atom is 0.409 e. The molecule has 2 rings (SSSR count). The minimum absolute atomic E-state index is 0.0338. The number of unbranched alkanes of at least 4 members (excludes halogenated alkanes) is 1. The third-order valence-electron chi connectivity index (χ3n) is 4.02. The third-order valence-corrected chi connectivity index (χ3v) is 4.02. The first-order chi connectivity index (χ1) is 10.7. The Kier molecular flexibility index (Phi) is 5.81. The number of aryl methyl sites for hydroxylation is 1. The van der Waals surface area contributed by atoms with Gasteiger partial charge in [0.2, 0.25) is 0 Å². The molecule has 22 heavy (non-hydrogen) atoms. The normalized spacial score (nSPS) is 14.8. The van der Waals surface area contributed by atoms with Gasteiger partial charge in [0.25, 0.3) is 5.91 Å². The second-order valence-electron chi connectivity index (χ2n) is 5.55. The summed E-state index contributed by atoms with van der Waals surface area (Å²) in [6.07, 6.45) is 3.07. The lowest BCUT2D eigenvalue weighted by Gasteiger charge is -2.33. The Morgan fingerprint density at radius 2 is 1.64 bits per heavy atom. The average molecular weight is 304 g/mol. The van der Waals surface area contributed by atoms with E-state index in [0.29, 0.717) is 31.7 Å². The van der Waals surface area contributed by atoms with Crippen LogP contribution in [0.5, 0.6) is 0 Å². The molecule has 1 saturated heterocycles. The summed E-state index contributed by atoms with van der Waals surface area (Å²) in [6, 6.07) is 7.88. The number of carbonyl (C=O) groups is 2. The number of hydrogen-bond donors (Lipinski definition) is 0. The van der Waals surface area contributed by atoms with Crippen molar-refractivity contribution >= 4 is 12.0 Å². The summed E-state index contributed by atoms with van der Waals surface area (Å²) in [7, 11) is 1.37. The molecule has 0 bridgehead atoms. The quantitative estimate of drug-likeness (QED) is 0.859. The molecule has 0 unspecified atom stereocenters. The van der Waals surface area contributed by atoms with Gasteiger partial charge >= 0.3 is 6.09 Å². The second-order valence-corrected chi connectivity index (χ2v) is 5.55. The van der Waals surface area contributed by atoms with Gasteiger partial charge in [0.1, 0.15) is 0 Å². The van der Waals surface area contributed by atoms with Crippen LogP contribution in [-0.4, -0.2) is 55.1 Å². The van der Waals surface area contributed by atoms with E-state index in [1.807, 2.05) is 24.3 Å². The molecule has 0 radical (unpaired) electrons. The van der Waals surface area contributed by atoms with Crippen LogP contribution < -0.4 is 0 Å². The summed E-state index contributed by atoms with van der Waals surface area (Å²) in [6.45, 7) is 4.31. The highest BCUT2D eigenvalue weighted by molar-refractivity contribution is 5.94. The molecule has 0 spiro atoms. The topological polar surface area (TPSA) is 49.9 Å². The van der Waals surface area contributed by atoms with Crippen molar-refractivity contribution in [2.45, 2.75) is 26.2 Å². The minimum Gasteiger partial charge on any atom is -0.453 e. The number of ether oxygens (including phenoxy) is 1. The molecule has 2 amide bonds. The third kappa shape index (κ3) is 4.00. The minimum atomic E-state index is -0.327. The molecule has 1 aliphatic heterocycles. The van der Waals surface area contributed by atoms with Crippen LogP contribution in [0.25, 0.3) is 0 Å². The predicted octanol–water partition coefficient (Wildman–Crippen LogP) is 2.55. The zero-order valence-corrected chi connectivity index (χ0v) is 13.4. The van der Waals surface area contributed by atoms with E-state index in [0.717, 1.165) is 6.42 Å². The van der Waals surface area contributed by atoms with Crippen molar-refractivity contribution in [2.24, 2.45) is 0 Å². The Morgan fingerprint density at radius 3 is 2.18 bits per heavy atom. The molecular formula is C17H24N2O3. The standard InChI is InChI=1S/C17H24N2O3/c1-3-4-5-14-6-8-15(9-7-14)16(20)18-10-12-19(13-11-18)17(21)22-2/h6-9H,3-5,10-13H2,1-2H3. The highest BCUT2D eigenvalue weighted by atomic mass is 16.5. The summed E-state index contributed by atoms with van der Waals surface area (Å²) >= 11 is 0. The maximum atomic E-state index is 12.5. The van der Waals surface area contributed by atoms with Crippen LogP contribution in [0.1, 0.15) is 35.7 Å². The van der Waals surface area contributed by atoms with Crippen molar-refractivity contribution in [3.63, 3.8) is 0 Å². The number of piperazine rings is 1. The van der Waals surface area contributed by atoms with Crippen molar-refractivity contribution in [1.29, 1.82) is 0 Å². The number of carbonyl (C=O) groups excluding carboxylic acids is 2. The molecule has 1 heterocycles. The van der Waals surface area contributed by atoms with E-state index in [4.69, 9.17) is 4.74 Å². The Bertz CT molecular complexity index is 505. The maximum absolute atomic E-state index is 12.5. The number of hydrogen-bond acceptors (Lipinski definition) is 3. The van der Waals surface area contributed by atoms with E-state index >= 15 is 0 Å². The highest BCUT2D eigenvalue weighted by Gasteiger charge is 2.25. The number of methoxy groups -OCH3 is 1. The van der Waals surface area contributed by atoms with Crippen molar-refractivity contribution in [1.82, 2.24) is 9.80 Å². The lowest BCUT2D eigenvalue weighted by atomic mass is 10.1. The molecule has 0 aromatic heterocycles. The predicted molar refractivity (Wildman–Crippen MR) is 84.9 cm³/mol. The SMILES string of the molecule is CCCCc1ccc(C(=O)N2CCN(C(=O)OC)CC2)cc1. The van der Waals surface area contributed by atoms with Gasteiger partial charge in [-0.05, 0) is 30.5 Å². The van der Waals surface area contributed by atoms with Gasteiger partial charge in [0.05, 0.1) is 7.11 Å². The summed E-state index contributed by atoms with van der Waals surface area (Å²) in [5, 5.41) is 0. The van der Waals surface area contributed by atoms with Crippen LogP contribution in [0.15, 0.2) is 24.3 Å². The molecule has 5 nitrogen and oxygen atoms in total. The lowest BCUT2D eigenvalue weighted by Crippen LogP contribution is -2.50. The zero-order chi connectivity index (χ0) is 15.9. The van der Waals surface area contributed by atoms with Gasteiger partial charge in [-0.3, -0.25) is 4.79 Å². The zero-order valence-electron chi connectivity index (χ0n) is 13.4. The number of rotatable bonds is 4. The second kappa shape index (κ2) is 7.82. The Balaban J connectivity index is 1.91. The molecule has 0 saturated carbocycles. The summed E-state index contributed by atoms with van der Waals surface area (Å²) in [4.78, 5) is 27.3. The van der Waals surface area contributed by atoms with E-state index in [2.05, 4.69) is 6.92 Å². The van der Waals surface area contributed by atoms with Crippen LogP contribution in [0.2, 0.25) is 0 Å². The first kappa shape index (κ1) is 16.3. The molecule has 1 aromatic rings. The largest absolute Gasteiger partial charge is 0.453 e. The van der Waals surface area contributed by atoms with E-state index < -0.39 is 0 Å². The molecule has 0 atom stereocenters. The average Bonchev–Trinajstić information content (AvgIpc) is 2.59. The molecular weight excluding hydrogens is 280 g/mol. The molecule has 1 aromatic carbocycles. The fourth-order valence-electron chi connectivity index (χ4n) is 2.60. The first-order valence-corrected chi connectivity index (χ1v) is 7.86. The van der Waals surface area contributed by atoms with Crippen LogP contribution in [0, 0.1) is 0 Å². The van der Waals surface area contributed by atoms with Gasteiger partial charge in [0, 0.05) is 31.7 Å². The van der Waals surface area contributed by atoms with E-state index in [1.54, 1.807) is 9.80 Å². The van der Waals surface area contributed by atoms with Gasteiger partial charge in [-0.15, -0.1) is 0 Å². The number of amides is 2. The molecule has 1 aliphatic rings. The van der Waals surface area contributed by atoms with Crippen molar-refractivity contribution in [3.8, 4) is 0 Å². The summed E-state index contributed by atoms with van der Waals surface area (Å²) < 4.78 is 4.70. The molecule has 120 valence electrons. The van der Waals surface area contributed by atoms with Gasteiger partial charge in [-0.2, -0.15) is 0 Å². The molecule has 0 N–H and O–H groups in total. The van der Waals surface area contributed by atoms with E-state index in [9.17, 15) is 9.59 Å². The van der Waals surface area contributed by atoms with Crippen LogP contribution in [0.4, 0.5) is 4.79 Å². The molecule has 1 fully saturated rings. The summed E-state index contributed by atoms with van der Waals surface area (Å²) in [5.41, 5.74) is 1.99. The Morgan fingerprint density at radius 1 is 1.05 bits per heavy atom.